The minimum absolute atomic E-state index is 0.411. The molecule has 4 rings (SSSR count). The first kappa shape index (κ1) is 17.4. The number of allylic oxidation sites excluding steroid dienone is 1. The van der Waals surface area contributed by atoms with Crippen LogP contribution in [-0.4, -0.2) is 9.55 Å². The van der Waals surface area contributed by atoms with E-state index < -0.39 is 0 Å². The molecule has 2 aromatic heterocycles. The summed E-state index contributed by atoms with van der Waals surface area (Å²) in [7, 11) is 0. The van der Waals surface area contributed by atoms with Crippen LogP contribution in [0, 0.1) is 11.3 Å². The number of hydrogen-bond donors (Lipinski definition) is 0. The van der Waals surface area contributed by atoms with Gasteiger partial charge in [0.05, 0.1) is 40.6 Å². The van der Waals surface area contributed by atoms with E-state index >= 15 is 0 Å². The molecule has 6 heteroatoms. The van der Waals surface area contributed by atoms with Gasteiger partial charge in [0, 0.05) is 10.6 Å². The number of para-hydroxylation sites is 2. The molecule has 0 N–H and O–H groups in total. The van der Waals surface area contributed by atoms with Crippen LogP contribution in [0.2, 0.25) is 10.0 Å². The molecule has 0 aliphatic carbocycles. The highest BCUT2D eigenvalue weighted by atomic mass is 35.5. The van der Waals surface area contributed by atoms with Crippen molar-refractivity contribution in [2.75, 3.05) is 0 Å². The number of rotatable bonds is 4. The highest BCUT2D eigenvalue weighted by Gasteiger charge is 2.10. The molecule has 132 valence electrons. The van der Waals surface area contributed by atoms with E-state index in [1.54, 1.807) is 30.6 Å². The topological polar surface area (TPSA) is 54.8 Å². The molecule has 4 aromatic rings. The van der Waals surface area contributed by atoms with Gasteiger partial charge in [0.15, 0.2) is 0 Å². The molecule has 4 nitrogen and oxygen atoms in total. The lowest BCUT2D eigenvalue weighted by Gasteiger charge is -2.03. The Morgan fingerprint density at radius 2 is 2.00 bits per heavy atom. The second-order valence-electron chi connectivity index (χ2n) is 5.97. The summed E-state index contributed by atoms with van der Waals surface area (Å²) in [6, 6.07) is 18.9. The SMILES string of the molecule is N#C/C(=C/c1ccc(-c2ccc(Cl)cc2Cl)o1)Cn1cnc2ccccc21. The Labute approximate surface area is 165 Å². The van der Waals surface area contributed by atoms with Gasteiger partial charge in [-0.3, -0.25) is 0 Å². The number of aromatic nitrogens is 2. The van der Waals surface area contributed by atoms with Gasteiger partial charge in [-0.1, -0.05) is 35.3 Å². The number of imidazole rings is 1. The molecule has 0 radical (unpaired) electrons. The molecule has 0 fully saturated rings. The highest BCUT2D eigenvalue weighted by molar-refractivity contribution is 6.36. The van der Waals surface area contributed by atoms with Crippen LogP contribution in [0.5, 0.6) is 0 Å². The summed E-state index contributed by atoms with van der Waals surface area (Å²) in [4.78, 5) is 4.35. The maximum absolute atomic E-state index is 9.53. The molecule has 2 heterocycles. The van der Waals surface area contributed by atoms with E-state index in [4.69, 9.17) is 27.6 Å². The first-order chi connectivity index (χ1) is 13.1. The molecule has 0 aliphatic heterocycles. The average Bonchev–Trinajstić information content (AvgIpc) is 3.29. The summed E-state index contributed by atoms with van der Waals surface area (Å²) in [6.07, 6.45) is 3.46. The Kier molecular flexibility index (Phi) is 4.72. The van der Waals surface area contributed by atoms with Crippen molar-refractivity contribution in [2.24, 2.45) is 0 Å². The Hall–Kier alpha value is -3.00. The van der Waals surface area contributed by atoms with Crippen molar-refractivity contribution >= 4 is 40.3 Å². The van der Waals surface area contributed by atoms with Crippen molar-refractivity contribution in [2.45, 2.75) is 6.54 Å². The first-order valence-corrected chi connectivity index (χ1v) is 8.95. The van der Waals surface area contributed by atoms with Gasteiger partial charge < -0.3 is 8.98 Å². The van der Waals surface area contributed by atoms with Crippen molar-refractivity contribution in [1.29, 1.82) is 5.26 Å². The number of nitrogens with zero attached hydrogens (tertiary/aromatic N) is 3. The Balaban J connectivity index is 1.62. The van der Waals surface area contributed by atoms with Crippen LogP contribution in [-0.2, 0) is 6.54 Å². The van der Waals surface area contributed by atoms with Crippen LogP contribution in [0.15, 0.2) is 70.9 Å². The van der Waals surface area contributed by atoms with E-state index in [-0.39, 0.29) is 0 Å². The average molecular weight is 394 g/mol. The Morgan fingerprint density at radius 3 is 2.81 bits per heavy atom. The lowest BCUT2D eigenvalue weighted by molar-refractivity contribution is 0.571. The molecular weight excluding hydrogens is 381 g/mol. The van der Waals surface area contributed by atoms with Crippen molar-refractivity contribution < 1.29 is 4.42 Å². The third kappa shape index (κ3) is 3.61. The van der Waals surface area contributed by atoms with Gasteiger partial charge in [0.2, 0.25) is 0 Å². The zero-order valence-corrected chi connectivity index (χ0v) is 15.6. The number of hydrogen-bond acceptors (Lipinski definition) is 3. The summed E-state index contributed by atoms with van der Waals surface area (Å²) in [6.45, 7) is 0.411. The molecule has 0 unspecified atom stereocenters. The van der Waals surface area contributed by atoms with E-state index in [0.717, 1.165) is 16.6 Å². The summed E-state index contributed by atoms with van der Waals surface area (Å²) in [5.41, 5.74) is 3.18. The fourth-order valence-corrected chi connectivity index (χ4v) is 3.37. The third-order valence-corrected chi connectivity index (χ3v) is 4.70. The molecule has 0 amide bonds. The normalized spacial score (nSPS) is 11.7. The van der Waals surface area contributed by atoms with Crippen LogP contribution < -0.4 is 0 Å². The number of halogens is 2. The predicted octanol–water partition coefficient (Wildman–Crippen LogP) is 6.21. The van der Waals surface area contributed by atoms with E-state index in [1.165, 1.54) is 0 Å². The molecule has 0 saturated heterocycles. The van der Waals surface area contributed by atoms with Crippen LogP contribution in [0.1, 0.15) is 5.76 Å². The van der Waals surface area contributed by atoms with E-state index in [2.05, 4.69) is 11.1 Å². The largest absolute Gasteiger partial charge is 0.457 e. The van der Waals surface area contributed by atoms with Gasteiger partial charge in [-0.05, 0) is 48.5 Å². The summed E-state index contributed by atoms with van der Waals surface area (Å²) >= 11 is 12.2. The molecule has 0 aliphatic rings. The van der Waals surface area contributed by atoms with Gasteiger partial charge >= 0.3 is 0 Å². The standard InChI is InChI=1S/C21H13Cl2N3O/c22-15-5-7-17(18(23)10-15)21-8-6-16(27-21)9-14(11-24)12-26-13-25-19-3-1-2-4-20(19)26/h1-10,13H,12H2/b14-9-. The van der Waals surface area contributed by atoms with Crippen molar-refractivity contribution in [1.82, 2.24) is 9.55 Å². The molecule has 0 saturated carbocycles. The second kappa shape index (κ2) is 7.32. The number of benzene rings is 2. The Morgan fingerprint density at radius 1 is 1.15 bits per heavy atom. The highest BCUT2D eigenvalue weighted by Crippen LogP contribution is 2.32. The van der Waals surface area contributed by atoms with Gasteiger partial charge in [0.25, 0.3) is 0 Å². The van der Waals surface area contributed by atoms with Gasteiger partial charge in [-0.25, -0.2) is 4.98 Å². The number of fused-ring (bicyclic) bond motifs is 1. The second-order valence-corrected chi connectivity index (χ2v) is 6.81. The smallest absolute Gasteiger partial charge is 0.136 e. The molecule has 0 atom stereocenters. The quantitative estimate of drug-likeness (QED) is 0.387. The van der Waals surface area contributed by atoms with E-state index in [1.807, 2.05) is 41.0 Å². The van der Waals surface area contributed by atoms with Gasteiger partial charge in [0.1, 0.15) is 11.5 Å². The molecular formula is C21H13Cl2N3O. The van der Waals surface area contributed by atoms with Gasteiger partial charge in [-0.15, -0.1) is 0 Å². The van der Waals surface area contributed by atoms with Crippen molar-refractivity contribution in [3.63, 3.8) is 0 Å². The summed E-state index contributed by atoms with van der Waals surface area (Å²) < 4.78 is 7.78. The van der Waals surface area contributed by atoms with Gasteiger partial charge in [-0.2, -0.15) is 5.26 Å². The van der Waals surface area contributed by atoms with E-state index in [0.29, 0.717) is 33.7 Å². The first-order valence-electron chi connectivity index (χ1n) is 8.20. The molecule has 27 heavy (non-hydrogen) atoms. The maximum atomic E-state index is 9.53. The van der Waals surface area contributed by atoms with Crippen LogP contribution in [0.25, 0.3) is 28.4 Å². The summed E-state index contributed by atoms with van der Waals surface area (Å²) in [5.74, 6) is 1.20. The monoisotopic (exact) mass is 393 g/mol. The molecule has 2 aromatic carbocycles. The van der Waals surface area contributed by atoms with Crippen molar-refractivity contribution in [3.05, 3.63) is 82.3 Å². The van der Waals surface area contributed by atoms with E-state index in [9.17, 15) is 5.26 Å². The fraction of sp³-hybridized carbons (Fsp3) is 0.0476. The predicted molar refractivity (Wildman–Crippen MR) is 107 cm³/mol. The molecule has 0 spiro atoms. The maximum Gasteiger partial charge on any atom is 0.136 e. The fourth-order valence-electron chi connectivity index (χ4n) is 2.87. The van der Waals surface area contributed by atoms with Crippen LogP contribution in [0.4, 0.5) is 0 Å². The zero-order valence-electron chi connectivity index (χ0n) is 14.1. The lowest BCUT2D eigenvalue weighted by Crippen LogP contribution is -1.98. The lowest BCUT2D eigenvalue weighted by atomic mass is 10.2. The van der Waals surface area contributed by atoms with Crippen LogP contribution >= 0.6 is 23.2 Å². The minimum atomic E-state index is 0.411. The number of nitriles is 1. The summed E-state index contributed by atoms with van der Waals surface area (Å²) in [5, 5.41) is 10.6. The van der Waals surface area contributed by atoms with Crippen LogP contribution in [0.3, 0.4) is 0 Å². The number of furan rings is 1. The van der Waals surface area contributed by atoms with Crippen molar-refractivity contribution in [3.8, 4) is 17.4 Å². The zero-order chi connectivity index (χ0) is 18.8. The Bertz CT molecular complexity index is 1200. The molecule has 0 bridgehead atoms. The third-order valence-electron chi connectivity index (χ3n) is 4.15. The minimum Gasteiger partial charge on any atom is -0.457 e.